The number of ketones is 1. The standard InChI is InChI=1S/C19H15Br2NO4S/c1-2-25-19(24)15-12-7-8-13(21)16(17(12)27-18(15)22)26-9-14(23)10-3-5-11(20)6-4-10/h3-8H,2,9,22H2,1H3. The van der Waals surface area contributed by atoms with Crippen LogP contribution < -0.4 is 10.5 Å². The maximum Gasteiger partial charge on any atom is 0.341 e. The van der Waals surface area contributed by atoms with Gasteiger partial charge in [-0.25, -0.2) is 4.79 Å². The fourth-order valence-electron chi connectivity index (χ4n) is 2.54. The van der Waals surface area contributed by atoms with E-state index in [9.17, 15) is 9.59 Å². The van der Waals surface area contributed by atoms with Crippen molar-refractivity contribution in [3.05, 3.63) is 56.5 Å². The summed E-state index contributed by atoms with van der Waals surface area (Å²) in [6, 6.07) is 10.6. The molecule has 0 amide bonds. The van der Waals surface area contributed by atoms with E-state index in [1.54, 1.807) is 43.3 Å². The first-order valence-corrected chi connectivity index (χ1v) is 10.4. The number of nitrogen functional groups attached to an aromatic ring is 1. The zero-order chi connectivity index (χ0) is 19.6. The molecule has 0 spiro atoms. The molecule has 1 heterocycles. The summed E-state index contributed by atoms with van der Waals surface area (Å²) in [7, 11) is 0. The lowest BCUT2D eigenvalue weighted by molar-refractivity contribution is 0.0530. The number of hydrogen-bond donors (Lipinski definition) is 1. The van der Waals surface area contributed by atoms with E-state index in [0.29, 0.717) is 36.4 Å². The van der Waals surface area contributed by atoms with Crippen molar-refractivity contribution < 1.29 is 19.1 Å². The van der Waals surface area contributed by atoms with Crippen LogP contribution in [0.3, 0.4) is 0 Å². The van der Waals surface area contributed by atoms with Crippen LogP contribution >= 0.6 is 43.2 Å². The third kappa shape index (κ3) is 4.17. The lowest BCUT2D eigenvalue weighted by atomic mass is 10.1. The number of Topliss-reactive ketones (excluding diaryl/α,β-unsaturated/α-hetero) is 1. The van der Waals surface area contributed by atoms with Crippen LogP contribution in [0.5, 0.6) is 5.75 Å². The van der Waals surface area contributed by atoms with Crippen molar-refractivity contribution >= 4 is 70.0 Å². The summed E-state index contributed by atoms with van der Waals surface area (Å²) in [6.07, 6.45) is 0. The number of thiophene rings is 1. The van der Waals surface area contributed by atoms with Gasteiger partial charge in [0, 0.05) is 15.4 Å². The van der Waals surface area contributed by atoms with Gasteiger partial charge >= 0.3 is 5.97 Å². The minimum Gasteiger partial charge on any atom is -0.483 e. The second kappa shape index (κ2) is 8.41. The summed E-state index contributed by atoms with van der Waals surface area (Å²) in [6.45, 7) is 1.87. The smallest absolute Gasteiger partial charge is 0.341 e. The number of carbonyl (C=O) groups excluding carboxylic acids is 2. The van der Waals surface area contributed by atoms with Crippen molar-refractivity contribution in [1.82, 2.24) is 0 Å². The van der Waals surface area contributed by atoms with E-state index >= 15 is 0 Å². The fourth-order valence-corrected chi connectivity index (χ4v) is 4.43. The number of carbonyl (C=O) groups is 2. The van der Waals surface area contributed by atoms with Gasteiger partial charge in [0.05, 0.1) is 15.8 Å². The predicted octanol–water partition coefficient (Wildman–Crippen LogP) is 5.45. The number of halogens is 2. The van der Waals surface area contributed by atoms with Crippen LogP contribution in [-0.4, -0.2) is 25.0 Å². The van der Waals surface area contributed by atoms with Gasteiger partial charge in [0.1, 0.15) is 10.6 Å². The van der Waals surface area contributed by atoms with Crippen molar-refractivity contribution in [1.29, 1.82) is 0 Å². The molecule has 5 nitrogen and oxygen atoms in total. The summed E-state index contributed by atoms with van der Waals surface area (Å²) < 4.78 is 13.1. The second-order valence-corrected chi connectivity index (χ2v) is 8.36. The summed E-state index contributed by atoms with van der Waals surface area (Å²) >= 11 is 8.01. The SMILES string of the molecule is CCOC(=O)c1c(N)sc2c(OCC(=O)c3ccc(Br)cc3)c(Br)ccc12. The average molecular weight is 513 g/mol. The van der Waals surface area contributed by atoms with E-state index in [-0.39, 0.29) is 19.0 Å². The fraction of sp³-hybridized carbons (Fsp3) is 0.158. The van der Waals surface area contributed by atoms with Crippen LogP contribution in [0.15, 0.2) is 45.3 Å². The van der Waals surface area contributed by atoms with Gasteiger partial charge in [-0.1, -0.05) is 34.1 Å². The molecule has 3 rings (SSSR count). The van der Waals surface area contributed by atoms with Crippen molar-refractivity contribution in [3.63, 3.8) is 0 Å². The van der Waals surface area contributed by atoms with Crippen LogP contribution in [0.2, 0.25) is 0 Å². The van der Waals surface area contributed by atoms with Gasteiger partial charge in [-0.2, -0.15) is 0 Å². The minimum absolute atomic E-state index is 0.133. The predicted molar refractivity (Wildman–Crippen MR) is 114 cm³/mol. The van der Waals surface area contributed by atoms with E-state index < -0.39 is 5.97 Å². The summed E-state index contributed by atoms with van der Waals surface area (Å²) in [5.41, 5.74) is 6.92. The zero-order valence-electron chi connectivity index (χ0n) is 14.3. The maximum absolute atomic E-state index is 12.4. The Balaban J connectivity index is 1.91. The van der Waals surface area contributed by atoms with Gasteiger partial charge in [-0.05, 0) is 41.1 Å². The molecule has 0 saturated heterocycles. The molecule has 8 heteroatoms. The van der Waals surface area contributed by atoms with Gasteiger partial charge in [-0.15, -0.1) is 11.3 Å². The Morgan fingerprint density at radius 3 is 2.48 bits per heavy atom. The third-order valence-corrected chi connectivity index (χ3v) is 5.97. The van der Waals surface area contributed by atoms with Gasteiger partial charge in [0.2, 0.25) is 0 Å². The van der Waals surface area contributed by atoms with E-state index in [1.165, 1.54) is 11.3 Å². The number of hydrogen-bond acceptors (Lipinski definition) is 6. The molecule has 27 heavy (non-hydrogen) atoms. The van der Waals surface area contributed by atoms with Crippen molar-refractivity contribution in [2.75, 3.05) is 18.9 Å². The molecule has 0 aliphatic rings. The highest BCUT2D eigenvalue weighted by Gasteiger charge is 2.22. The number of esters is 1. The van der Waals surface area contributed by atoms with E-state index in [4.69, 9.17) is 15.2 Å². The maximum atomic E-state index is 12.4. The number of benzene rings is 2. The van der Waals surface area contributed by atoms with Crippen molar-refractivity contribution in [2.45, 2.75) is 6.92 Å². The van der Waals surface area contributed by atoms with Gasteiger partial charge in [-0.3, -0.25) is 4.79 Å². The molecular weight excluding hydrogens is 498 g/mol. The molecule has 2 aromatic carbocycles. The normalized spacial score (nSPS) is 10.8. The van der Waals surface area contributed by atoms with Gasteiger partial charge in [0.15, 0.2) is 18.1 Å². The van der Waals surface area contributed by atoms with Crippen molar-refractivity contribution in [2.24, 2.45) is 0 Å². The Morgan fingerprint density at radius 2 is 1.81 bits per heavy atom. The Morgan fingerprint density at radius 1 is 1.11 bits per heavy atom. The van der Waals surface area contributed by atoms with Crippen molar-refractivity contribution in [3.8, 4) is 5.75 Å². The molecule has 0 atom stereocenters. The van der Waals surface area contributed by atoms with E-state index in [1.807, 2.05) is 0 Å². The topological polar surface area (TPSA) is 78.6 Å². The Kier molecular flexibility index (Phi) is 6.18. The van der Waals surface area contributed by atoms with Crippen LogP contribution in [-0.2, 0) is 4.74 Å². The van der Waals surface area contributed by atoms with Crippen LogP contribution in [0, 0.1) is 0 Å². The minimum atomic E-state index is -0.472. The molecular formula is C19H15Br2NO4S. The lowest BCUT2D eigenvalue weighted by Gasteiger charge is -2.09. The summed E-state index contributed by atoms with van der Waals surface area (Å²) in [4.78, 5) is 24.6. The lowest BCUT2D eigenvalue weighted by Crippen LogP contribution is -2.11. The molecule has 1 aromatic heterocycles. The Bertz CT molecular complexity index is 1010. The van der Waals surface area contributed by atoms with Gasteiger partial charge in [0.25, 0.3) is 0 Å². The Labute approximate surface area is 176 Å². The highest BCUT2D eigenvalue weighted by Crippen LogP contribution is 2.43. The van der Waals surface area contributed by atoms with E-state index in [0.717, 1.165) is 4.47 Å². The quantitative estimate of drug-likeness (QED) is 0.351. The molecule has 0 saturated carbocycles. The van der Waals surface area contributed by atoms with Gasteiger partial charge < -0.3 is 15.2 Å². The molecule has 2 N–H and O–H groups in total. The Hall–Kier alpha value is -1.90. The highest BCUT2D eigenvalue weighted by molar-refractivity contribution is 9.10. The number of fused-ring (bicyclic) bond motifs is 1. The first kappa shape index (κ1) is 19.9. The monoisotopic (exact) mass is 511 g/mol. The molecule has 0 fully saturated rings. The average Bonchev–Trinajstić information content (AvgIpc) is 2.97. The molecule has 0 bridgehead atoms. The number of nitrogens with two attached hydrogens (primary N) is 1. The van der Waals surface area contributed by atoms with Crippen LogP contribution in [0.1, 0.15) is 27.6 Å². The van der Waals surface area contributed by atoms with Crippen LogP contribution in [0.25, 0.3) is 10.1 Å². The molecule has 0 unspecified atom stereocenters. The molecule has 0 aliphatic carbocycles. The first-order chi connectivity index (χ1) is 12.9. The molecule has 140 valence electrons. The number of ether oxygens (including phenoxy) is 2. The zero-order valence-corrected chi connectivity index (χ0v) is 18.2. The molecule has 0 radical (unpaired) electrons. The molecule has 3 aromatic rings. The number of anilines is 1. The number of rotatable bonds is 6. The second-order valence-electron chi connectivity index (χ2n) is 5.53. The van der Waals surface area contributed by atoms with Crippen LogP contribution in [0.4, 0.5) is 5.00 Å². The highest BCUT2D eigenvalue weighted by atomic mass is 79.9. The van der Waals surface area contributed by atoms with E-state index in [2.05, 4.69) is 31.9 Å². The summed E-state index contributed by atoms with van der Waals surface area (Å²) in [5.74, 6) is -0.146. The third-order valence-electron chi connectivity index (χ3n) is 3.79. The summed E-state index contributed by atoms with van der Waals surface area (Å²) in [5, 5.41) is 0.996. The molecule has 0 aliphatic heterocycles. The first-order valence-electron chi connectivity index (χ1n) is 8.01. The largest absolute Gasteiger partial charge is 0.483 e.